The smallest absolute Gasteiger partial charge is 0.194 e. The Morgan fingerprint density at radius 1 is 0.458 bits per heavy atom. The van der Waals surface area contributed by atoms with Crippen LogP contribution in [0.2, 0.25) is 0 Å². The molecule has 1 saturated heterocycles. The van der Waals surface area contributed by atoms with Gasteiger partial charge >= 0.3 is 0 Å². The molecule has 1 fully saturated rings. The van der Waals surface area contributed by atoms with Crippen molar-refractivity contribution in [2.75, 3.05) is 26.7 Å². The topological polar surface area (TPSA) is 0 Å². The van der Waals surface area contributed by atoms with E-state index >= 15 is 0 Å². The molecule has 1 aliphatic heterocycles. The number of hydrogen-bond acceptors (Lipinski definition) is 0. The molecule has 1 aliphatic rings. The second kappa shape index (κ2) is 14.7. The number of piperidine rings is 1. The first-order valence-corrected chi connectivity index (χ1v) is 15.1. The van der Waals surface area contributed by atoms with Crippen molar-refractivity contribution in [1.82, 2.24) is 0 Å². The molecule has 0 N–H and O–H groups in total. The summed E-state index contributed by atoms with van der Waals surface area (Å²) in [6.45, 7) is 6.56. The third kappa shape index (κ3) is 7.23. The summed E-state index contributed by atoms with van der Waals surface area (Å²) >= 11 is 0. The van der Waals surface area contributed by atoms with Crippen LogP contribution in [-0.4, -0.2) is 37.3 Å². The quantitative estimate of drug-likeness (QED) is 0.0837. The molecule has 48 heavy (non-hydrogen) atoms. The van der Waals surface area contributed by atoms with Crippen LogP contribution in [0.15, 0.2) is 48.5 Å². The molecule has 1 heterocycles. The average Bonchev–Trinajstić information content (AvgIpc) is 3.03. The predicted molar refractivity (Wildman–Crippen MR) is 159 cm³/mol. The summed E-state index contributed by atoms with van der Waals surface area (Å²) < 4.78 is 171. The van der Waals surface area contributed by atoms with Crippen LogP contribution in [0.5, 0.6) is 0 Å². The highest BCUT2D eigenvalue weighted by atomic mass is 19.2. The zero-order chi connectivity index (χ0) is 35.6. The van der Waals surface area contributed by atoms with Crippen LogP contribution in [0.25, 0.3) is 0 Å². The Balaban J connectivity index is 0.000000401. The van der Waals surface area contributed by atoms with Gasteiger partial charge in [0.25, 0.3) is 0 Å². The van der Waals surface area contributed by atoms with Gasteiger partial charge in [0, 0.05) is 0 Å². The molecule has 0 aromatic heterocycles. The van der Waals surface area contributed by atoms with Crippen molar-refractivity contribution < 1.29 is 57.2 Å². The van der Waals surface area contributed by atoms with E-state index in [1.54, 1.807) is 0 Å². The maximum absolute atomic E-state index is 14.4. The lowest BCUT2D eigenvalue weighted by atomic mass is 9.13. The number of quaternary nitrogens is 1. The second-order valence-corrected chi connectivity index (χ2v) is 12.3. The molecule has 4 aromatic rings. The highest BCUT2D eigenvalue weighted by molar-refractivity contribution is 7.19. The lowest BCUT2D eigenvalue weighted by Gasteiger charge is -2.44. The minimum Gasteiger partial charge on any atom is -0.326 e. The van der Waals surface area contributed by atoms with Crippen LogP contribution in [0.3, 0.4) is 0 Å². The lowest BCUT2D eigenvalue weighted by molar-refractivity contribution is -0.914. The summed E-state index contributed by atoms with van der Waals surface area (Å²) in [7, 11) is 2.43. The van der Waals surface area contributed by atoms with E-state index in [9.17, 15) is 52.7 Å². The zero-order valence-electron chi connectivity index (χ0n) is 25.8. The highest BCUT2D eigenvalue weighted by Crippen LogP contribution is 2.21. The number of nitrogens with zero attached hydrogens (tertiary/aromatic N) is 1. The van der Waals surface area contributed by atoms with Gasteiger partial charge in [-0.3, -0.25) is 0 Å². The van der Waals surface area contributed by atoms with Gasteiger partial charge in [-0.25, -0.2) is 52.7 Å². The standard InChI is InChI=1S/C24H8BF12.C10H22N/c26-13-1-9(2-14(27)21(13)34)25(10-3-15(28)22(35)16(29)4-10,11-5-17(30)23(36)18(31)6-11)12-7-19(32)24(37)20(33)8-12;1-3-4-8-11(2)9-6-5-7-10-11/h1-8H;3-10H2,1-2H3/q-1;+1. The summed E-state index contributed by atoms with van der Waals surface area (Å²) in [5.74, 6) is -24.0. The van der Waals surface area contributed by atoms with Crippen molar-refractivity contribution in [3.05, 3.63) is 118 Å². The van der Waals surface area contributed by atoms with Crippen LogP contribution < -0.4 is 21.9 Å². The first-order valence-electron chi connectivity index (χ1n) is 15.1. The number of halogens is 12. The predicted octanol–water partition coefficient (Wildman–Crippen LogP) is 7.15. The maximum atomic E-state index is 14.4. The van der Waals surface area contributed by atoms with Crippen LogP contribution in [-0.2, 0) is 0 Å². The Kier molecular flexibility index (Phi) is 11.3. The van der Waals surface area contributed by atoms with Crippen molar-refractivity contribution in [3.63, 3.8) is 0 Å². The molecule has 0 aliphatic carbocycles. The van der Waals surface area contributed by atoms with Gasteiger partial charge in [0.15, 0.2) is 69.8 Å². The molecule has 0 radical (unpaired) electrons. The van der Waals surface area contributed by atoms with Gasteiger partial charge < -0.3 is 4.48 Å². The molecule has 14 heteroatoms. The van der Waals surface area contributed by atoms with Crippen LogP contribution in [0.4, 0.5) is 52.7 Å². The Morgan fingerprint density at radius 3 is 0.938 bits per heavy atom. The minimum atomic E-state index is -4.01. The molecule has 0 bridgehead atoms. The number of likely N-dealkylation sites (tertiary alicyclic amines) is 1. The normalized spacial score (nSPS) is 14.5. The number of benzene rings is 4. The number of rotatable bonds is 7. The molecule has 0 saturated carbocycles. The zero-order valence-corrected chi connectivity index (χ0v) is 25.8. The van der Waals surface area contributed by atoms with Gasteiger partial charge in [-0.2, -0.15) is 21.9 Å². The molecule has 258 valence electrons. The lowest BCUT2D eigenvalue weighted by Crippen LogP contribution is -2.75. The number of hydrogen-bond donors (Lipinski definition) is 0. The molecular weight excluding hydrogens is 661 g/mol. The molecule has 0 spiro atoms. The molecule has 1 nitrogen and oxygen atoms in total. The van der Waals surface area contributed by atoms with Gasteiger partial charge in [-0.1, -0.05) is 61.9 Å². The van der Waals surface area contributed by atoms with Crippen molar-refractivity contribution in [1.29, 1.82) is 0 Å². The summed E-state index contributed by atoms with van der Waals surface area (Å²) in [4.78, 5) is 0. The second-order valence-electron chi connectivity index (χ2n) is 12.3. The monoisotopic (exact) mass is 691 g/mol. The molecule has 0 unspecified atom stereocenters. The average molecular weight is 691 g/mol. The van der Waals surface area contributed by atoms with E-state index in [-0.39, 0.29) is 48.5 Å². The third-order valence-corrected chi connectivity index (χ3v) is 8.97. The van der Waals surface area contributed by atoms with Crippen molar-refractivity contribution in [3.8, 4) is 0 Å². The van der Waals surface area contributed by atoms with E-state index in [0.29, 0.717) is 0 Å². The fraction of sp³-hybridized carbons (Fsp3) is 0.294. The largest absolute Gasteiger partial charge is 0.326 e. The van der Waals surface area contributed by atoms with Crippen molar-refractivity contribution in [2.45, 2.75) is 39.0 Å². The van der Waals surface area contributed by atoms with Crippen LogP contribution in [0, 0.1) is 69.8 Å². The Morgan fingerprint density at radius 2 is 0.708 bits per heavy atom. The fourth-order valence-corrected chi connectivity index (χ4v) is 6.49. The minimum absolute atomic E-state index is 0.177. The summed E-state index contributed by atoms with van der Waals surface area (Å²) in [6, 6.07) is 1.41. The van der Waals surface area contributed by atoms with E-state index in [1.165, 1.54) is 56.2 Å². The fourth-order valence-electron chi connectivity index (χ4n) is 6.49. The molecule has 5 rings (SSSR count). The number of unbranched alkanes of at least 4 members (excludes halogenated alkanes) is 1. The van der Waals surface area contributed by atoms with Gasteiger partial charge in [0.2, 0.25) is 0 Å². The van der Waals surface area contributed by atoms with Crippen LogP contribution in [0.1, 0.15) is 39.0 Å². The van der Waals surface area contributed by atoms with E-state index in [1.807, 2.05) is 0 Å². The Hall–Kier alpha value is -3.94. The van der Waals surface area contributed by atoms with Crippen LogP contribution >= 0.6 is 0 Å². The van der Waals surface area contributed by atoms with E-state index in [2.05, 4.69) is 14.0 Å². The molecule has 0 amide bonds. The summed E-state index contributed by atoms with van der Waals surface area (Å²) in [5, 5.41) is 0. The summed E-state index contributed by atoms with van der Waals surface area (Å²) in [6.07, 6.45) is 3.14. The first kappa shape index (κ1) is 36.9. The maximum Gasteiger partial charge on any atom is 0.194 e. The SMILES string of the molecule is CCCC[N+]1(C)CCCCC1.Fc1cc([B-](c2cc(F)c(F)c(F)c2)(c2cc(F)c(F)c(F)c2)c2cc(F)c(F)c(F)c2)cc(F)c1F. The van der Waals surface area contributed by atoms with Crippen molar-refractivity contribution in [2.24, 2.45) is 0 Å². The van der Waals surface area contributed by atoms with E-state index < -0.39 is 97.8 Å². The van der Waals surface area contributed by atoms with Gasteiger partial charge in [-0.05, 0) is 25.7 Å². The van der Waals surface area contributed by atoms with Gasteiger partial charge in [0.1, 0.15) is 6.15 Å². The molecular formula is C34H30BF12N. The first-order chi connectivity index (χ1) is 22.5. The van der Waals surface area contributed by atoms with E-state index in [4.69, 9.17) is 0 Å². The molecule has 4 aromatic carbocycles. The van der Waals surface area contributed by atoms with Crippen molar-refractivity contribution >= 4 is 28.0 Å². The van der Waals surface area contributed by atoms with Gasteiger partial charge in [-0.15, -0.1) is 0 Å². The van der Waals surface area contributed by atoms with Gasteiger partial charge in [0.05, 0.1) is 26.7 Å². The molecule has 0 atom stereocenters. The highest BCUT2D eigenvalue weighted by Gasteiger charge is 2.37. The Labute approximate surface area is 269 Å². The van der Waals surface area contributed by atoms with E-state index in [0.717, 1.165) is 0 Å². The Bertz CT molecular complexity index is 1480. The summed E-state index contributed by atoms with van der Waals surface area (Å²) in [5.41, 5.74) is -3.79. The third-order valence-electron chi connectivity index (χ3n) is 8.97.